The van der Waals surface area contributed by atoms with E-state index >= 15 is 0 Å². The molecule has 1 aromatic heterocycles. The van der Waals surface area contributed by atoms with Crippen molar-refractivity contribution in [1.29, 1.82) is 0 Å². The third kappa shape index (κ3) is 4.35. The van der Waals surface area contributed by atoms with Gasteiger partial charge in [-0.05, 0) is 17.7 Å². The number of nitrogens with zero attached hydrogens (tertiary/aromatic N) is 1. The van der Waals surface area contributed by atoms with Gasteiger partial charge in [-0.1, -0.05) is 48.0 Å². The maximum Gasteiger partial charge on any atom is 0.131 e. The van der Waals surface area contributed by atoms with Gasteiger partial charge in [0.25, 0.3) is 0 Å². The van der Waals surface area contributed by atoms with Crippen LogP contribution in [0.2, 0.25) is 5.15 Å². The number of benzene rings is 1. The summed E-state index contributed by atoms with van der Waals surface area (Å²) in [7, 11) is 0. The summed E-state index contributed by atoms with van der Waals surface area (Å²) in [5.74, 6) is 0.809. The Kier molecular flexibility index (Phi) is 5.00. The van der Waals surface area contributed by atoms with Gasteiger partial charge in [0, 0.05) is 19.6 Å². The number of hydrogen-bond donors (Lipinski definition) is 2. The summed E-state index contributed by atoms with van der Waals surface area (Å²) >= 11 is 5.80. The predicted molar refractivity (Wildman–Crippen MR) is 75.9 cm³/mol. The smallest absolute Gasteiger partial charge is 0.131 e. The van der Waals surface area contributed by atoms with Crippen molar-refractivity contribution in [2.45, 2.75) is 6.54 Å². The average Bonchev–Trinajstić information content (AvgIpc) is 2.40. The predicted octanol–water partition coefficient (Wildman–Crippen LogP) is 2.94. The lowest BCUT2D eigenvalue weighted by atomic mass is 10.2. The Labute approximate surface area is 112 Å². The molecule has 2 aromatic rings. The van der Waals surface area contributed by atoms with Crippen molar-refractivity contribution < 1.29 is 0 Å². The van der Waals surface area contributed by atoms with E-state index in [4.69, 9.17) is 11.6 Å². The van der Waals surface area contributed by atoms with Crippen LogP contribution < -0.4 is 10.6 Å². The van der Waals surface area contributed by atoms with Crippen molar-refractivity contribution in [3.8, 4) is 0 Å². The minimum atomic E-state index is 0.511. The Morgan fingerprint density at radius 2 is 1.78 bits per heavy atom. The molecule has 0 fully saturated rings. The Balaban J connectivity index is 1.65. The fourth-order valence-electron chi connectivity index (χ4n) is 1.61. The molecule has 2 N–H and O–H groups in total. The lowest BCUT2D eigenvalue weighted by Crippen LogP contribution is -2.22. The molecule has 0 spiro atoms. The van der Waals surface area contributed by atoms with Crippen LogP contribution in [0.15, 0.2) is 48.5 Å². The molecule has 0 aliphatic rings. The molecule has 0 radical (unpaired) electrons. The first-order chi connectivity index (χ1) is 8.84. The van der Waals surface area contributed by atoms with Crippen molar-refractivity contribution >= 4 is 17.4 Å². The molecule has 0 saturated carbocycles. The largest absolute Gasteiger partial charge is 0.369 e. The summed E-state index contributed by atoms with van der Waals surface area (Å²) in [6.45, 7) is 2.58. The minimum Gasteiger partial charge on any atom is -0.369 e. The number of rotatable bonds is 6. The third-order valence-corrected chi connectivity index (χ3v) is 2.71. The number of hydrogen-bond acceptors (Lipinski definition) is 3. The highest BCUT2D eigenvalue weighted by atomic mass is 35.5. The first-order valence-electron chi connectivity index (χ1n) is 5.96. The van der Waals surface area contributed by atoms with Crippen LogP contribution in [0.1, 0.15) is 5.56 Å². The number of anilines is 1. The van der Waals surface area contributed by atoms with Crippen LogP contribution in [0.4, 0.5) is 5.82 Å². The van der Waals surface area contributed by atoms with Crippen LogP contribution in [0.3, 0.4) is 0 Å². The van der Waals surface area contributed by atoms with Gasteiger partial charge < -0.3 is 10.6 Å². The molecule has 4 heteroatoms. The maximum absolute atomic E-state index is 5.80. The molecular formula is C14H16ClN3. The zero-order valence-electron chi connectivity index (χ0n) is 10.1. The second-order valence-corrected chi connectivity index (χ2v) is 4.32. The van der Waals surface area contributed by atoms with E-state index in [-0.39, 0.29) is 0 Å². The van der Waals surface area contributed by atoms with Gasteiger partial charge in [-0.15, -0.1) is 0 Å². The van der Waals surface area contributed by atoms with Gasteiger partial charge in [0.15, 0.2) is 0 Å². The third-order valence-electron chi connectivity index (χ3n) is 2.49. The molecule has 3 nitrogen and oxygen atoms in total. The summed E-state index contributed by atoms with van der Waals surface area (Å²) in [4.78, 5) is 4.16. The molecular weight excluding hydrogens is 246 g/mol. The zero-order valence-corrected chi connectivity index (χ0v) is 10.8. The second kappa shape index (κ2) is 6.99. The maximum atomic E-state index is 5.80. The summed E-state index contributed by atoms with van der Waals surface area (Å²) < 4.78 is 0. The molecule has 0 bridgehead atoms. The number of halogens is 1. The first-order valence-corrected chi connectivity index (χ1v) is 6.33. The van der Waals surface area contributed by atoms with Crippen LogP contribution in [0.25, 0.3) is 0 Å². The van der Waals surface area contributed by atoms with E-state index in [2.05, 4.69) is 27.8 Å². The van der Waals surface area contributed by atoms with Crippen molar-refractivity contribution in [1.82, 2.24) is 10.3 Å². The highest BCUT2D eigenvalue weighted by Gasteiger charge is 1.94. The standard InChI is InChI=1S/C14H16ClN3/c15-13-7-4-8-14(18-13)17-10-9-16-11-12-5-2-1-3-6-12/h1-8,16H,9-11H2,(H,17,18). The van der Waals surface area contributed by atoms with Crippen molar-refractivity contribution in [3.05, 3.63) is 59.2 Å². The van der Waals surface area contributed by atoms with Gasteiger partial charge in [0.2, 0.25) is 0 Å². The number of aromatic nitrogens is 1. The Morgan fingerprint density at radius 3 is 2.56 bits per heavy atom. The van der Waals surface area contributed by atoms with Crippen molar-refractivity contribution in [2.24, 2.45) is 0 Å². The molecule has 0 unspecified atom stereocenters. The van der Waals surface area contributed by atoms with Gasteiger partial charge in [-0.3, -0.25) is 0 Å². The molecule has 94 valence electrons. The molecule has 2 rings (SSSR count). The second-order valence-electron chi connectivity index (χ2n) is 3.93. The van der Waals surface area contributed by atoms with Crippen LogP contribution in [-0.2, 0) is 6.54 Å². The highest BCUT2D eigenvalue weighted by molar-refractivity contribution is 6.29. The van der Waals surface area contributed by atoms with Crippen LogP contribution in [-0.4, -0.2) is 18.1 Å². The van der Waals surface area contributed by atoms with E-state index in [1.54, 1.807) is 6.07 Å². The summed E-state index contributed by atoms with van der Waals surface area (Å²) in [6, 6.07) is 15.9. The topological polar surface area (TPSA) is 37.0 Å². The molecule has 1 aromatic carbocycles. The quantitative estimate of drug-likeness (QED) is 0.620. The first kappa shape index (κ1) is 12.9. The van der Waals surface area contributed by atoms with Gasteiger partial charge in [0.05, 0.1) is 0 Å². The van der Waals surface area contributed by atoms with E-state index in [9.17, 15) is 0 Å². The molecule has 0 aliphatic heterocycles. The SMILES string of the molecule is Clc1cccc(NCCNCc2ccccc2)n1. The van der Waals surface area contributed by atoms with Crippen LogP contribution >= 0.6 is 11.6 Å². The molecule has 0 atom stereocenters. The summed E-state index contributed by atoms with van der Waals surface area (Å²) in [5.41, 5.74) is 1.29. The van der Waals surface area contributed by atoms with E-state index in [1.807, 2.05) is 30.3 Å². The number of pyridine rings is 1. The van der Waals surface area contributed by atoms with Gasteiger partial charge in [0.1, 0.15) is 11.0 Å². The van der Waals surface area contributed by atoms with Gasteiger partial charge in [-0.25, -0.2) is 4.98 Å². The van der Waals surface area contributed by atoms with Gasteiger partial charge >= 0.3 is 0 Å². The fraction of sp³-hybridized carbons (Fsp3) is 0.214. The van der Waals surface area contributed by atoms with Crippen LogP contribution in [0, 0.1) is 0 Å². The Morgan fingerprint density at radius 1 is 0.944 bits per heavy atom. The van der Waals surface area contributed by atoms with E-state index < -0.39 is 0 Å². The lowest BCUT2D eigenvalue weighted by molar-refractivity contribution is 0.706. The van der Waals surface area contributed by atoms with E-state index in [1.165, 1.54) is 5.56 Å². The van der Waals surface area contributed by atoms with E-state index in [0.717, 1.165) is 25.5 Å². The Hall–Kier alpha value is -1.58. The van der Waals surface area contributed by atoms with Gasteiger partial charge in [-0.2, -0.15) is 0 Å². The Bertz CT molecular complexity index is 473. The molecule has 18 heavy (non-hydrogen) atoms. The molecule has 1 heterocycles. The highest BCUT2D eigenvalue weighted by Crippen LogP contribution is 2.08. The van der Waals surface area contributed by atoms with E-state index in [0.29, 0.717) is 5.15 Å². The monoisotopic (exact) mass is 261 g/mol. The van der Waals surface area contributed by atoms with Crippen molar-refractivity contribution in [3.63, 3.8) is 0 Å². The zero-order chi connectivity index (χ0) is 12.6. The molecule has 0 aliphatic carbocycles. The molecule has 0 saturated heterocycles. The van der Waals surface area contributed by atoms with Crippen LogP contribution in [0.5, 0.6) is 0 Å². The molecule has 0 amide bonds. The normalized spacial score (nSPS) is 10.3. The number of nitrogens with one attached hydrogen (secondary N) is 2. The lowest BCUT2D eigenvalue weighted by Gasteiger charge is -2.07. The summed E-state index contributed by atoms with van der Waals surface area (Å²) in [6.07, 6.45) is 0. The average molecular weight is 262 g/mol. The fourth-order valence-corrected chi connectivity index (χ4v) is 1.78. The summed E-state index contributed by atoms with van der Waals surface area (Å²) in [5, 5.41) is 7.09. The van der Waals surface area contributed by atoms with Crippen molar-refractivity contribution in [2.75, 3.05) is 18.4 Å². The minimum absolute atomic E-state index is 0.511.